The number of thiazole rings is 1. The molecule has 2 rings (SSSR count). The summed E-state index contributed by atoms with van der Waals surface area (Å²) in [6, 6.07) is 7.19. The monoisotopic (exact) mass is 302 g/mol. The minimum absolute atomic E-state index is 0.355. The standard InChI is InChI=1S/C18H26N2S/c1-6-7-19-17(11-18-20-14(4)15(5)21-18)16-9-12(2)8-13(3)10-16/h8-10,17,19H,6-7,11H2,1-5H3. The number of nitrogens with one attached hydrogen (secondary N) is 1. The van der Waals surface area contributed by atoms with Gasteiger partial charge in [0.1, 0.15) is 0 Å². The maximum absolute atomic E-state index is 4.71. The fourth-order valence-corrected chi connectivity index (χ4v) is 3.62. The number of aryl methyl sites for hydroxylation is 4. The third kappa shape index (κ3) is 4.39. The molecule has 1 atom stereocenters. The highest BCUT2D eigenvalue weighted by Crippen LogP contribution is 2.25. The van der Waals surface area contributed by atoms with Crippen molar-refractivity contribution in [2.75, 3.05) is 6.54 Å². The van der Waals surface area contributed by atoms with Gasteiger partial charge < -0.3 is 5.32 Å². The van der Waals surface area contributed by atoms with Crippen LogP contribution in [0.3, 0.4) is 0 Å². The Hall–Kier alpha value is -1.19. The van der Waals surface area contributed by atoms with E-state index in [2.05, 4.69) is 58.1 Å². The lowest BCUT2D eigenvalue weighted by atomic mass is 9.99. The summed E-state index contributed by atoms with van der Waals surface area (Å²) in [7, 11) is 0. The molecule has 0 bridgehead atoms. The molecular weight excluding hydrogens is 276 g/mol. The molecule has 0 fully saturated rings. The van der Waals surface area contributed by atoms with E-state index in [-0.39, 0.29) is 0 Å². The third-order valence-corrected chi connectivity index (χ3v) is 4.83. The van der Waals surface area contributed by atoms with Gasteiger partial charge >= 0.3 is 0 Å². The highest BCUT2D eigenvalue weighted by atomic mass is 32.1. The molecule has 0 aliphatic heterocycles. The predicted octanol–water partition coefficient (Wildman–Crippen LogP) is 4.66. The smallest absolute Gasteiger partial charge is 0.0949 e. The largest absolute Gasteiger partial charge is 0.310 e. The Morgan fingerprint density at radius 2 is 1.76 bits per heavy atom. The molecule has 0 saturated heterocycles. The molecule has 0 amide bonds. The van der Waals surface area contributed by atoms with Crippen molar-refractivity contribution in [1.29, 1.82) is 0 Å². The Morgan fingerprint density at radius 1 is 1.10 bits per heavy atom. The SMILES string of the molecule is CCCNC(Cc1nc(C)c(C)s1)c1cc(C)cc(C)c1. The molecule has 0 aliphatic carbocycles. The van der Waals surface area contributed by atoms with Gasteiger partial charge in [0.15, 0.2) is 0 Å². The lowest BCUT2D eigenvalue weighted by Crippen LogP contribution is -2.24. The van der Waals surface area contributed by atoms with Gasteiger partial charge in [0.2, 0.25) is 0 Å². The van der Waals surface area contributed by atoms with E-state index in [0.717, 1.165) is 19.4 Å². The molecule has 0 aliphatic rings. The molecule has 114 valence electrons. The number of nitrogens with zero attached hydrogens (tertiary/aromatic N) is 1. The molecule has 2 aromatic rings. The molecule has 0 saturated carbocycles. The maximum Gasteiger partial charge on any atom is 0.0949 e. The molecule has 1 N–H and O–H groups in total. The molecule has 0 spiro atoms. The van der Waals surface area contributed by atoms with Crippen LogP contribution in [0.25, 0.3) is 0 Å². The first-order valence-electron chi connectivity index (χ1n) is 7.74. The highest BCUT2D eigenvalue weighted by molar-refractivity contribution is 7.11. The summed E-state index contributed by atoms with van der Waals surface area (Å²) in [4.78, 5) is 6.04. The first-order chi connectivity index (χ1) is 9.99. The first-order valence-corrected chi connectivity index (χ1v) is 8.55. The van der Waals surface area contributed by atoms with Crippen LogP contribution in [0, 0.1) is 27.7 Å². The summed E-state index contributed by atoms with van der Waals surface area (Å²) in [5, 5.41) is 4.92. The summed E-state index contributed by atoms with van der Waals surface area (Å²) >= 11 is 1.83. The van der Waals surface area contributed by atoms with E-state index in [1.54, 1.807) is 0 Å². The first kappa shape index (κ1) is 16.2. The van der Waals surface area contributed by atoms with Gasteiger partial charge in [-0.15, -0.1) is 11.3 Å². The topological polar surface area (TPSA) is 24.9 Å². The molecule has 1 heterocycles. The van der Waals surface area contributed by atoms with Crippen LogP contribution in [0.1, 0.15) is 51.7 Å². The lowest BCUT2D eigenvalue weighted by molar-refractivity contribution is 0.527. The van der Waals surface area contributed by atoms with Gasteiger partial charge in [-0.2, -0.15) is 0 Å². The van der Waals surface area contributed by atoms with Crippen molar-refractivity contribution in [3.05, 3.63) is 50.5 Å². The molecule has 0 radical (unpaired) electrons. The van der Waals surface area contributed by atoms with Crippen molar-refractivity contribution in [1.82, 2.24) is 10.3 Å². The second-order valence-electron chi connectivity index (χ2n) is 5.88. The van der Waals surface area contributed by atoms with E-state index in [1.807, 2.05) is 11.3 Å². The summed E-state index contributed by atoms with van der Waals surface area (Å²) in [6.07, 6.45) is 2.12. The minimum Gasteiger partial charge on any atom is -0.310 e. The van der Waals surface area contributed by atoms with E-state index < -0.39 is 0 Å². The Morgan fingerprint density at radius 3 is 2.29 bits per heavy atom. The minimum atomic E-state index is 0.355. The number of hydrogen-bond donors (Lipinski definition) is 1. The average molecular weight is 302 g/mol. The average Bonchev–Trinajstić information content (AvgIpc) is 2.72. The van der Waals surface area contributed by atoms with Crippen molar-refractivity contribution >= 4 is 11.3 Å². The van der Waals surface area contributed by atoms with Gasteiger partial charge in [-0.05, 0) is 46.2 Å². The molecule has 1 unspecified atom stereocenters. The highest BCUT2D eigenvalue weighted by Gasteiger charge is 2.15. The van der Waals surface area contributed by atoms with E-state index in [0.29, 0.717) is 6.04 Å². The fraction of sp³-hybridized carbons (Fsp3) is 0.500. The zero-order valence-corrected chi connectivity index (χ0v) is 14.6. The van der Waals surface area contributed by atoms with Crippen molar-refractivity contribution in [3.63, 3.8) is 0 Å². The Balaban J connectivity index is 2.24. The van der Waals surface area contributed by atoms with Gasteiger partial charge in [-0.3, -0.25) is 0 Å². The van der Waals surface area contributed by atoms with Crippen molar-refractivity contribution in [2.45, 2.75) is 53.5 Å². The maximum atomic E-state index is 4.71. The van der Waals surface area contributed by atoms with E-state index in [1.165, 1.54) is 32.3 Å². The summed E-state index contributed by atoms with van der Waals surface area (Å²) in [5.74, 6) is 0. The van der Waals surface area contributed by atoms with Crippen LogP contribution in [-0.2, 0) is 6.42 Å². The predicted molar refractivity (Wildman–Crippen MR) is 92.2 cm³/mol. The normalized spacial score (nSPS) is 12.6. The summed E-state index contributed by atoms with van der Waals surface area (Å²) in [6.45, 7) is 11.8. The van der Waals surface area contributed by atoms with Crippen LogP contribution in [0.2, 0.25) is 0 Å². The molecule has 21 heavy (non-hydrogen) atoms. The van der Waals surface area contributed by atoms with E-state index in [4.69, 9.17) is 4.98 Å². The van der Waals surface area contributed by atoms with Gasteiger partial charge in [-0.1, -0.05) is 36.2 Å². The number of hydrogen-bond acceptors (Lipinski definition) is 3. The fourth-order valence-electron chi connectivity index (χ4n) is 2.64. The summed E-state index contributed by atoms with van der Waals surface area (Å²) < 4.78 is 0. The van der Waals surface area contributed by atoms with Crippen LogP contribution in [0.4, 0.5) is 0 Å². The van der Waals surface area contributed by atoms with Crippen molar-refractivity contribution in [2.24, 2.45) is 0 Å². The Kier molecular flexibility index (Phi) is 5.54. The number of rotatable bonds is 6. The van der Waals surface area contributed by atoms with Crippen LogP contribution >= 0.6 is 11.3 Å². The second-order valence-corrected chi connectivity index (χ2v) is 7.17. The molecule has 2 nitrogen and oxygen atoms in total. The molecular formula is C18H26N2S. The van der Waals surface area contributed by atoms with Crippen LogP contribution < -0.4 is 5.32 Å². The zero-order chi connectivity index (χ0) is 15.4. The molecule has 1 aromatic heterocycles. The second kappa shape index (κ2) is 7.19. The Labute approximate surface area is 132 Å². The van der Waals surface area contributed by atoms with Gasteiger partial charge in [-0.25, -0.2) is 4.98 Å². The van der Waals surface area contributed by atoms with Crippen molar-refractivity contribution < 1.29 is 0 Å². The van der Waals surface area contributed by atoms with Crippen LogP contribution in [0.5, 0.6) is 0 Å². The molecule has 3 heteroatoms. The van der Waals surface area contributed by atoms with Crippen LogP contribution in [-0.4, -0.2) is 11.5 Å². The zero-order valence-electron chi connectivity index (χ0n) is 13.8. The number of aromatic nitrogens is 1. The lowest BCUT2D eigenvalue weighted by Gasteiger charge is -2.19. The van der Waals surface area contributed by atoms with Gasteiger partial charge in [0, 0.05) is 17.3 Å². The van der Waals surface area contributed by atoms with Crippen molar-refractivity contribution in [3.8, 4) is 0 Å². The number of benzene rings is 1. The van der Waals surface area contributed by atoms with Gasteiger partial charge in [0.05, 0.1) is 10.7 Å². The summed E-state index contributed by atoms with van der Waals surface area (Å²) in [5.41, 5.74) is 5.22. The molecule has 1 aromatic carbocycles. The van der Waals surface area contributed by atoms with E-state index >= 15 is 0 Å². The van der Waals surface area contributed by atoms with Crippen LogP contribution in [0.15, 0.2) is 18.2 Å². The Bertz CT molecular complexity index is 562. The third-order valence-electron chi connectivity index (χ3n) is 3.74. The van der Waals surface area contributed by atoms with E-state index in [9.17, 15) is 0 Å². The quantitative estimate of drug-likeness (QED) is 0.839. The van der Waals surface area contributed by atoms with Gasteiger partial charge in [0.25, 0.3) is 0 Å².